The van der Waals surface area contributed by atoms with E-state index in [9.17, 15) is 19.1 Å². The van der Waals surface area contributed by atoms with Crippen LogP contribution in [0.1, 0.15) is 44.5 Å². The second-order valence-corrected chi connectivity index (χ2v) is 9.12. The molecule has 0 fully saturated rings. The van der Waals surface area contributed by atoms with Crippen molar-refractivity contribution in [2.24, 2.45) is 0 Å². The van der Waals surface area contributed by atoms with Crippen molar-refractivity contribution in [3.05, 3.63) is 91.3 Å². The Balaban J connectivity index is 1.89. The third-order valence-electron chi connectivity index (χ3n) is 5.45. The Morgan fingerprint density at radius 1 is 1.22 bits per heavy atom. The van der Waals surface area contributed by atoms with Gasteiger partial charge in [0.05, 0.1) is 32.2 Å². The van der Waals surface area contributed by atoms with Crippen LogP contribution in [0.15, 0.2) is 53.8 Å². The Bertz CT molecular complexity index is 1270. The van der Waals surface area contributed by atoms with Crippen molar-refractivity contribution >= 4 is 40.3 Å². The van der Waals surface area contributed by atoms with Gasteiger partial charge in [0, 0.05) is 5.69 Å². The van der Waals surface area contributed by atoms with Crippen molar-refractivity contribution in [3.8, 4) is 0 Å². The highest BCUT2D eigenvalue weighted by Gasteiger charge is 2.45. The SMILES string of the molecule is CCc1ccc(C2C(C(=O)c3sc(C)nc3C)=C(O)C(=O)N2c2ccc(F)c(Cl)c2)cc1. The molecule has 1 amide bonds. The van der Waals surface area contributed by atoms with Gasteiger partial charge in [-0.3, -0.25) is 14.5 Å². The van der Waals surface area contributed by atoms with Gasteiger partial charge in [0.15, 0.2) is 5.76 Å². The van der Waals surface area contributed by atoms with Crippen LogP contribution in [0, 0.1) is 19.7 Å². The third-order valence-corrected chi connectivity index (χ3v) is 6.81. The van der Waals surface area contributed by atoms with E-state index < -0.39 is 29.3 Å². The summed E-state index contributed by atoms with van der Waals surface area (Å²) in [5.41, 5.74) is 2.50. The molecule has 0 bridgehead atoms. The summed E-state index contributed by atoms with van der Waals surface area (Å²) >= 11 is 7.18. The number of hydrogen-bond donors (Lipinski definition) is 1. The molecule has 1 atom stereocenters. The number of carbonyl (C=O) groups is 2. The van der Waals surface area contributed by atoms with Crippen LogP contribution in [0.4, 0.5) is 10.1 Å². The fraction of sp³-hybridized carbons (Fsp3) is 0.208. The highest BCUT2D eigenvalue weighted by molar-refractivity contribution is 7.14. The molecule has 1 aromatic heterocycles. The van der Waals surface area contributed by atoms with Crippen LogP contribution >= 0.6 is 22.9 Å². The Labute approximate surface area is 193 Å². The van der Waals surface area contributed by atoms with Crippen LogP contribution in [0.2, 0.25) is 5.02 Å². The summed E-state index contributed by atoms with van der Waals surface area (Å²) in [6, 6.07) is 10.4. The monoisotopic (exact) mass is 470 g/mol. The van der Waals surface area contributed by atoms with Gasteiger partial charge in [0.1, 0.15) is 5.82 Å². The molecule has 1 unspecified atom stereocenters. The smallest absolute Gasteiger partial charge is 0.294 e. The minimum atomic E-state index is -0.899. The number of benzene rings is 2. The first-order valence-corrected chi connectivity index (χ1v) is 11.2. The van der Waals surface area contributed by atoms with Crippen LogP contribution in [0.3, 0.4) is 0 Å². The van der Waals surface area contributed by atoms with Crippen molar-refractivity contribution in [2.45, 2.75) is 33.2 Å². The highest BCUT2D eigenvalue weighted by atomic mass is 35.5. The number of hydrogen-bond acceptors (Lipinski definition) is 5. The Morgan fingerprint density at radius 2 is 1.91 bits per heavy atom. The summed E-state index contributed by atoms with van der Waals surface area (Å²) in [4.78, 5) is 32.6. The van der Waals surface area contributed by atoms with E-state index in [1.165, 1.54) is 28.4 Å². The number of aliphatic hydroxyl groups excluding tert-OH is 1. The second-order valence-electron chi connectivity index (χ2n) is 7.51. The highest BCUT2D eigenvalue weighted by Crippen LogP contribution is 2.43. The maximum absolute atomic E-state index is 13.8. The first-order valence-electron chi connectivity index (χ1n) is 10.0. The molecule has 3 aromatic rings. The van der Waals surface area contributed by atoms with E-state index in [2.05, 4.69) is 4.98 Å². The van der Waals surface area contributed by atoms with Gasteiger partial charge in [-0.15, -0.1) is 11.3 Å². The minimum absolute atomic E-state index is 0.0357. The van der Waals surface area contributed by atoms with E-state index >= 15 is 0 Å². The number of anilines is 1. The topological polar surface area (TPSA) is 70.5 Å². The number of aromatic nitrogens is 1. The number of aliphatic hydroxyl groups is 1. The van der Waals surface area contributed by atoms with Gasteiger partial charge in [-0.05, 0) is 49.6 Å². The normalized spacial score (nSPS) is 16.2. The van der Waals surface area contributed by atoms with E-state index in [1.54, 1.807) is 13.8 Å². The maximum atomic E-state index is 13.8. The molecule has 8 heteroatoms. The first-order chi connectivity index (χ1) is 15.2. The number of thiazole rings is 1. The fourth-order valence-corrected chi connectivity index (χ4v) is 4.90. The number of Topliss-reactive ketones (excluding diaryl/α,β-unsaturated/α-hetero) is 1. The van der Waals surface area contributed by atoms with E-state index in [1.807, 2.05) is 31.2 Å². The van der Waals surface area contributed by atoms with Gasteiger partial charge in [0.25, 0.3) is 5.91 Å². The molecule has 1 aliphatic heterocycles. The molecule has 0 saturated carbocycles. The largest absolute Gasteiger partial charge is 0.503 e. The van der Waals surface area contributed by atoms with Crippen LogP contribution in [0.25, 0.3) is 0 Å². The molecule has 0 aliphatic carbocycles. The number of rotatable bonds is 5. The lowest BCUT2D eigenvalue weighted by atomic mass is 9.94. The lowest BCUT2D eigenvalue weighted by molar-refractivity contribution is -0.117. The average Bonchev–Trinajstić information content (AvgIpc) is 3.25. The lowest BCUT2D eigenvalue weighted by Gasteiger charge is -2.27. The quantitative estimate of drug-likeness (QED) is 0.471. The fourth-order valence-electron chi connectivity index (χ4n) is 3.85. The summed E-state index contributed by atoms with van der Waals surface area (Å²) in [7, 11) is 0. The molecular weight excluding hydrogens is 451 g/mol. The van der Waals surface area contributed by atoms with Gasteiger partial charge in [0.2, 0.25) is 5.78 Å². The zero-order valence-corrected chi connectivity index (χ0v) is 19.2. The van der Waals surface area contributed by atoms with Crippen molar-refractivity contribution < 1.29 is 19.1 Å². The molecule has 0 radical (unpaired) electrons. The van der Waals surface area contributed by atoms with Gasteiger partial charge in [-0.2, -0.15) is 0 Å². The zero-order chi connectivity index (χ0) is 23.2. The standard InChI is InChI=1S/C24H20ClFN2O3S/c1-4-14-5-7-15(8-6-14)20-19(21(29)23-12(2)27-13(3)32-23)22(30)24(31)28(20)16-9-10-18(26)17(25)11-16/h5-11,20,30H,4H2,1-3H3. The van der Waals surface area contributed by atoms with Crippen LogP contribution in [0.5, 0.6) is 0 Å². The van der Waals surface area contributed by atoms with E-state index in [0.29, 0.717) is 21.1 Å². The van der Waals surface area contributed by atoms with E-state index in [-0.39, 0.29) is 16.3 Å². The summed E-state index contributed by atoms with van der Waals surface area (Å²) in [5.74, 6) is -2.47. The second kappa shape index (κ2) is 8.48. The summed E-state index contributed by atoms with van der Waals surface area (Å²) < 4.78 is 13.8. The number of amides is 1. The molecule has 32 heavy (non-hydrogen) atoms. The van der Waals surface area contributed by atoms with Gasteiger partial charge < -0.3 is 5.11 Å². The van der Waals surface area contributed by atoms with Crippen molar-refractivity contribution in [1.82, 2.24) is 4.98 Å². The number of aryl methyl sites for hydroxylation is 3. The van der Waals surface area contributed by atoms with Gasteiger partial charge in [-0.25, -0.2) is 9.37 Å². The number of ketones is 1. The number of halogens is 2. The van der Waals surface area contributed by atoms with Crippen molar-refractivity contribution in [3.63, 3.8) is 0 Å². The van der Waals surface area contributed by atoms with Crippen LogP contribution in [-0.4, -0.2) is 21.8 Å². The average molecular weight is 471 g/mol. The number of carbonyl (C=O) groups excluding carboxylic acids is 2. The predicted molar refractivity (Wildman–Crippen MR) is 123 cm³/mol. The maximum Gasteiger partial charge on any atom is 0.294 e. The molecule has 2 heterocycles. The van der Waals surface area contributed by atoms with Crippen molar-refractivity contribution in [1.29, 1.82) is 0 Å². The van der Waals surface area contributed by atoms with Crippen molar-refractivity contribution in [2.75, 3.05) is 4.90 Å². The molecule has 164 valence electrons. The molecule has 0 saturated heterocycles. The zero-order valence-electron chi connectivity index (χ0n) is 17.6. The van der Waals surface area contributed by atoms with E-state index in [4.69, 9.17) is 11.6 Å². The van der Waals surface area contributed by atoms with Crippen LogP contribution in [-0.2, 0) is 11.2 Å². The summed E-state index contributed by atoms with van der Waals surface area (Å²) in [6.45, 7) is 5.53. The summed E-state index contributed by atoms with van der Waals surface area (Å²) in [6.07, 6.45) is 0.827. The Hall–Kier alpha value is -3.03. The molecule has 1 aliphatic rings. The van der Waals surface area contributed by atoms with Gasteiger partial charge >= 0.3 is 0 Å². The minimum Gasteiger partial charge on any atom is -0.503 e. The third kappa shape index (κ3) is 3.72. The summed E-state index contributed by atoms with van der Waals surface area (Å²) in [5, 5.41) is 11.4. The molecule has 0 spiro atoms. The first kappa shape index (κ1) is 22.2. The Morgan fingerprint density at radius 3 is 2.47 bits per heavy atom. The predicted octanol–water partition coefficient (Wildman–Crippen LogP) is 5.90. The molecular formula is C24H20ClFN2O3S. The van der Waals surface area contributed by atoms with Crippen LogP contribution < -0.4 is 4.90 Å². The van der Waals surface area contributed by atoms with Gasteiger partial charge in [-0.1, -0.05) is 42.8 Å². The molecule has 5 nitrogen and oxygen atoms in total. The molecule has 2 aromatic carbocycles. The number of nitrogens with zero attached hydrogens (tertiary/aromatic N) is 2. The van der Waals surface area contributed by atoms with E-state index in [0.717, 1.165) is 18.1 Å². The molecule has 1 N–H and O–H groups in total. The Kier molecular flexibility index (Phi) is 5.88. The molecule has 4 rings (SSSR count). The lowest BCUT2D eigenvalue weighted by Crippen LogP contribution is -2.31.